The van der Waals surface area contributed by atoms with Crippen molar-refractivity contribution in [1.29, 1.82) is 0 Å². The van der Waals surface area contributed by atoms with Crippen LogP contribution in [0.25, 0.3) is 0 Å². The zero-order valence-electron chi connectivity index (χ0n) is 12.9. The second kappa shape index (κ2) is 6.07. The topological polar surface area (TPSA) is 150 Å². The van der Waals surface area contributed by atoms with E-state index in [9.17, 15) is 35.2 Å². The molecule has 26 heavy (non-hydrogen) atoms. The SMILES string of the molecule is O=C(CCOC(=O)C(F)(F)S(=O)(=O)O)OC1C2CC3C1OS(=O)(=O)C3C2. The van der Waals surface area contributed by atoms with Crippen LogP contribution in [0, 0.1) is 11.8 Å². The van der Waals surface area contributed by atoms with E-state index in [4.69, 9.17) is 13.5 Å². The zero-order chi connectivity index (χ0) is 19.5. The molecular weight excluding hydrogens is 406 g/mol. The van der Waals surface area contributed by atoms with Crippen LogP contribution in [0.2, 0.25) is 0 Å². The van der Waals surface area contributed by atoms with Crippen LogP contribution in [-0.4, -0.2) is 62.6 Å². The third-order valence-electron chi connectivity index (χ3n) is 4.78. The summed E-state index contributed by atoms with van der Waals surface area (Å²) in [6, 6.07) is 0. The summed E-state index contributed by atoms with van der Waals surface area (Å²) in [5, 5.41) is -5.75. The Kier molecular flexibility index (Phi) is 4.53. The van der Waals surface area contributed by atoms with Crippen LogP contribution in [0.3, 0.4) is 0 Å². The van der Waals surface area contributed by atoms with E-state index in [-0.39, 0.29) is 11.8 Å². The quantitative estimate of drug-likeness (QED) is 0.337. The van der Waals surface area contributed by atoms with E-state index in [0.717, 1.165) is 0 Å². The molecule has 1 aliphatic heterocycles. The maximum Gasteiger partial charge on any atom is 0.465 e. The van der Waals surface area contributed by atoms with Gasteiger partial charge in [-0.2, -0.15) is 25.6 Å². The molecular formula is C12H14F2O10S2. The second-order valence-electron chi connectivity index (χ2n) is 6.32. The van der Waals surface area contributed by atoms with Crippen LogP contribution >= 0.6 is 0 Å². The summed E-state index contributed by atoms with van der Waals surface area (Å²) in [7, 11) is -9.67. The number of hydrogen-bond donors (Lipinski definition) is 1. The predicted molar refractivity (Wildman–Crippen MR) is 75.7 cm³/mol. The van der Waals surface area contributed by atoms with E-state index in [1.54, 1.807) is 0 Å². The third-order valence-corrected chi connectivity index (χ3v) is 7.37. The molecule has 3 fully saturated rings. The highest BCUT2D eigenvalue weighted by atomic mass is 32.2. The molecule has 1 N–H and O–H groups in total. The lowest BCUT2D eigenvalue weighted by molar-refractivity contribution is -0.165. The number of alkyl halides is 2. The molecule has 14 heteroatoms. The molecule has 2 saturated carbocycles. The first kappa shape index (κ1) is 19.4. The highest BCUT2D eigenvalue weighted by molar-refractivity contribution is 7.88. The second-order valence-corrected chi connectivity index (χ2v) is 9.57. The predicted octanol–water partition coefficient (Wildman–Crippen LogP) is -0.551. The fourth-order valence-electron chi connectivity index (χ4n) is 3.67. The Labute approximate surface area is 146 Å². The minimum Gasteiger partial charge on any atom is -0.460 e. The number of carbonyl (C=O) groups excluding carboxylic acids is 2. The van der Waals surface area contributed by atoms with Gasteiger partial charge in [-0.25, -0.2) is 4.79 Å². The summed E-state index contributed by atoms with van der Waals surface area (Å²) >= 11 is 0. The summed E-state index contributed by atoms with van der Waals surface area (Å²) in [5.74, 6) is -3.92. The number of carbonyl (C=O) groups is 2. The van der Waals surface area contributed by atoms with Crippen molar-refractivity contribution < 1.29 is 53.4 Å². The molecule has 1 heterocycles. The molecule has 3 aliphatic rings. The van der Waals surface area contributed by atoms with Crippen molar-refractivity contribution in [2.45, 2.75) is 42.0 Å². The molecule has 0 aromatic heterocycles. The number of rotatable bonds is 6. The molecule has 0 radical (unpaired) electrons. The molecule has 10 nitrogen and oxygen atoms in total. The van der Waals surface area contributed by atoms with Gasteiger partial charge in [0.1, 0.15) is 18.8 Å². The molecule has 148 valence electrons. The van der Waals surface area contributed by atoms with Gasteiger partial charge < -0.3 is 9.47 Å². The Morgan fingerprint density at radius 3 is 2.54 bits per heavy atom. The summed E-state index contributed by atoms with van der Waals surface area (Å²) in [6.07, 6.45) is -1.40. The Hall–Kier alpha value is -1.38. The van der Waals surface area contributed by atoms with Gasteiger partial charge in [-0.3, -0.25) is 13.5 Å². The van der Waals surface area contributed by atoms with Crippen molar-refractivity contribution in [2.75, 3.05) is 6.61 Å². The molecule has 5 unspecified atom stereocenters. The van der Waals surface area contributed by atoms with Crippen LogP contribution in [0.5, 0.6) is 0 Å². The van der Waals surface area contributed by atoms with Crippen LogP contribution in [0.4, 0.5) is 8.78 Å². The number of fused-ring (bicyclic) bond motifs is 1. The maximum atomic E-state index is 13.0. The molecule has 2 bridgehead atoms. The molecule has 5 atom stereocenters. The third kappa shape index (κ3) is 3.08. The van der Waals surface area contributed by atoms with Crippen molar-refractivity contribution >= 4 is 32.2 Å². The summed E-state index contributed by atoms with van der Waals surface area (Å²) in [4.78, 5) is 22.7. The van der Waals surface area contributed by atoms with Crippen LogP contribution < -0.4 is 0 Å². The molecule has 0 amide bonds. The van der Waals surface area contributed by atoms with Gasteiger partial charge in [-0.1, -0.05) is 0 Å². The minimum atomic E-state index is -5.99. The fraction of sp³-hybridized carbons (Fsp3) is 0.833. The van der Waals surface area contributed by atoms with Gasteiger partial charge in [-0.05, 0) is 12.8 Å². The van der Waals surface area contributed by atoms with Gasteiger partial charge in [0.2, 0.25) is 0 Å². The van der Waals surface area contributed by atoms with Gasteiger partial charge in [0.25, 0.3) is 10.1 Å². The lowest BCUT2D eigenvalue weighted by Gasteiger charge is -2.24. The maximum absolute atomic E-state index is 13.0. The van der Waals surface area contributed by atoms with Crippen LogP contribution in [-0.2, 0) is 43.5 Å². The molecule has 0 aromatic rings. The van der Waals surface area contributed by atoms with E-state index in [1.807, 2.05) is 0 Å². The largest absolute Gasteiger partial charge is 0.465 e. The van der Waals surface area contributed by atoms with Gasteiger partial charge >= 0.3 is 27.3 Å². The summed E-state index contributed by atoms with van der Waals surface area (Å²) in [6.45, 7) is -0.907. The smallest absolute Gasteiger partial charge is 0.460 e. The first-order valence-electron chi connectivity index (χ1n) is 7.48. The molecule has 3 rings (SSSR count). The molecule has 1 saturated heterocycles. The van der Waals surface area contributed by atoms with E-state index in [1.165, 1.54) is 0 Å². The van der Waals surface area contributed by atoms with Crippen molar-refractivity contribution in [3.63, 3.8) is 0 Å². The molecule has 0 aromatic carbocycles. The number of halogens is 2. The average Bonchev–Trinajstić information content (AvgIpc) is 3.10. The Bertz CT molecular complexity index is 836. The Morgan fingerprint density at radius 1 is 1.27 bits per heavy atom. The van der Waals surface area contributed by atoms with Crippen molar-refractivity contribution in [1.82, 2.24) is 0 Å². The lowest BCUT2D eigenvalue weighted by atomic mass is 9.94. The van der Waals surface area contributed by atoms with Gasteiger partial charge in [0.15, 0.2) is 0 Å². The monoisotopic (exact) mass is 420 g/mol. The fourth-order valence-corrected chi connectivity index (χ4v) is 5.82. The van der Waals surface area contributed by atoms with E-state index >= 15 is 0 Å². The first-order chi connectivity index (χ1) is 11.8. The van der Waals surface area contributed by atoms with Crippen molar-refractivity contribution in [2.24, 2.45) is 11.8 Å². The highest BCUT2D eigenvalue weighted by Gasteiger charge is 2.65. The first-order valence-corrected chi connectivity index (χ1v) is 10.4. The van der Waals surface area contributed by atoms with Crippen LogP contribution in [0.15, 0.2) is 0 Å². The Balaban J connectivity index is 1.50. The molecule has 2 aliphatic carbocycles. The zero-order valence-corrected chi connectivity index (χ0v) is 14.5. The number of hydrogen-bond acceptors (Lipinski definition) is 9. The number of esters is 2. The Morgan fingerprint density at radius 2 is 1.92 bits per heavy atom. The van der Waals surface area contributed by atoms with E-state index in [0.29, 0.717) is 12.8 Å². The summed E-state index contributed by atoms with van der Waals surface area (Å²) < 4.78 is 92.5. The normalized spacial score (nSPS) is 34.7. The number of ether oxygens (including phenoxy) is 2. The summed E-state index contributed by atoms with van der Waals surface area (Å²) in [5.41, 5.74) is 0. The van der Waals surface area contributed by atoms with Crippen molar-refractivity contribution in [3.8, 4) is 0 Å². The van der Waals surface area contributed by atoms with E-state index in [2.05, 4.69) is 4.74 Å². The van der Waals surface area contributed by atoms with E-state index < -0.39 is 67.9 Å². The highest BCUT2D eigenvalue weighted by Crippen LogP contribution is 2.55. The van der Waals surface area contributed by atoms with Gasteiger partial charge in [0, 0.05) is 11.8 Å². The minimum absolute atomic E-state index is 0.192. The average molecular weight is 420 g/mol. The van der Waals surface area contributed by atoms with Gasteiger partial charge in [-0.15, -0.1) is 0 Å². The van der Waals surface area contributed by atoms with Crippen LogP contribution in [0.1, 0.15) is 19.3 Å². The standard InChI is InChI=1S/C12H14F2O10S2/c13-12(14,26(19,20)21)11(16)22-2-1-8(15)23-9-5-3-6-7(4-5)25(17,18)24-10(6)9/h5-7,9-10H,1-4H2,(H,19,20,21). The van der Waals surface area contributed by atoms with Gasteiger partial charge in [0.05, 0.1) is 11.7 Å². The van der Waals surface area contributed by atoms with Crippen molar-refractivity contribution in [3.05, 3.63) is 0 Å². The lowest BCUT2D eigenvalue weighted by Crippen LogP contribution is -2.39. The molecule has 0 spiro atoms.